The Labute approximate surface area is 121 Å². The van der Waals surface area contributed by atoms with Crippen LogP contribution < -0.4 is 10.1 Å². The average molecular weight is 294 g/mol. The van der Waals surface area contributed by atoms with Crippen molar-refractivity contribution >= 4 is 5.91 Å². The number of rotatable bonds is 5. The molecular weight excluding hydrogens is 278 g/mol. The van der Waals surface area contributed by atoms with E-state index in [0.717, 1.165) is 5.69 Å². The van der Waals surface area contributed by atoms with Crippen molar-refractivity contribution in [2.24, 2.45) is 7.05 Å². The maximum absolute atomic E-state index is 12.3. The van der Waals surface area contributed by atoms with Crippen LogP contribution in [0.3, 0.4) is 0 Å². The van der Waals surface area contributed by atoms with Gasteiger partial charge in [0.15, 0.2) is 0 Å². The Morgan fingerprint density at radius 3 is 2.62 bits per heavy atom. The number of aromatic nitrogens is 1. The minimum atomic E-state index is -2.89. The molecule has 1 N–H and O–H groups in total. The third-order valence-electron chi connectivity index (χ3n) is 3.23. The first kappa shape index (κ1) is 15.0. The summed E-state index contributed by atoms with van der Waals surface area (Å²) in [6.45, 7) is -0.883. The van der Waals surface area contributed by atoms with E-state index in [4.69, 9.17) is 0 Å². The lowest BCUT2D eigenvalue weighted by Crippen LogP contribution is -2.25. The predicted octanol–water partition coefficient (Wildman–Crippen LogP) is 2.86. The van der Waals surface area contributed by atoms with E-state index in [1.54, 1.807) is 35.9 Å². The van der Waals surface area contributed by atoms with Crippen LogP contribution in [-0.4, -0.2) is 17.1 Å². The first-order chi connectivity index (χ1) is 9.99. The Hall–Kier alpha value is -2.37. The summed E-state index contributed by atoms with van der Waals surface area (Å²) in [5.74, 6) is -0.201. The molecule has 2 aromatic rings. The second-order valence-corrected chi connectivity index (χ2v) is 4.59. The molecule has 0 bridgehead atoms. The van der Waals surface area contributed by atoms with Crippen molar-refractivity contribution in [3.8, 4) is 5.75 Å². The van der Waals surface area contributed by atoms with Crippen LogP contribution in [0.25, 0.3) is 0 Å². The largest absolute Gasteiger partial charge is 0.434 e. The number of benzene rings is 1. The highest BCUT2D eigenvalue weighted by molar-refractivity contribution is 5.92. The van der Waals surface area contributed by atoms with Gasteiger partial charge in [-0.25, -0.2) is 0 Å². The highest BCUT2D eigenvalue weighted by atomic mass is 19.3. The monoisotopic (exact) mass is 294 g/mol. The van der Waals surface area contributed by atoms with Crippen LogP contribution in [0.1, 0.15) is 21.7 Å². The smallest absolute Gasteiger partial charge is 0.387 e. The van der Waals surface area contributed by atoms with Gasteiger partial charge in [-0.05, 0) is 25.1 Å². The van der Waals surface area contributed by atoms with E-state index in [1.807, 2.05) is 13.0 Å². The molecule has 2 rings (SSSR count). The number of halogens is 2. The van der Waals surface area contributed by atoms with Crippen LogP contribution >= 0.6 is 0 Å². The second-order valence-electron chi connectivity index (χ2n) is 4.59. The zero-order valence-corrected chi connectivity index (χ0v) is 11.8. The standard InChI is InChI=1S/C15H16F2N2O2/c1-10-7-8-12(19(10)2)14(20)18-9-11-5-3-4-6-13(11)21-15(16)17/h3-8,15H,9H2,1-2H3,(H,18,20). The molecule has 21 heavy (non-hydrogen) atoms. The molecular formula is C15H16F2N2O2. The molecule has 0 spiro atoms. The third-order valence-corrected chi connectivity index (χ3v) is 3.23. The lowest BCUT2D eigenvalue weighted by atomic mass is 10.2. The van der Waals surface area contributed by atoms with E-state index < -0.39 is 6.61 Å². The molecule has 0 atom stereocenters. The zero-order chi connectivity index (χ0) is 15.4. The quantitative estimate of drug-likeness (QED) is 0.921. The molecule has 4 nitrogen and oxygen atoms in total. The first-order valence-electron chi connectivity index (χ1n) is 6.42. The second kappa shape index (κ2) is 6.39. The van der Waals surface area contributed by atoms with Gasteiger partial charge >= 0.3 is 6.61 Å². The summed E-state index contributed by atoms with van der Waals surface area (Å²) in [5, 5.41) is 2.70. The zero-order valence-electron chi connectivity index (χ0n) is 11.8. The summed E-state index contributed by atoms with van der Waals surface area (Å²) in [6.07, 6.45) is 0. The van der Waals surface area contributed by atoms with Crippen LogP contribution in [0, 0.1) is 6.92 Å². The van der Waals surface area contributed by atoms with Crippen molar-refractivity contribution in [3.63, 3.8) is 0 Å². The highest BCUT2D eigenvalue weighted by Gasteiger charge is 2.13. The van der Waals surface area contributed by atoms with Gasteiger partial charge in [-0.2, -0.15) is 8.78 Å². The number of aryl methyl sites for hydroxylation is 1. The topological polar surface area (TPSA) is 43.3 Å². The molecule has 1 aromatic carbocycles. The van der Waals surface area contributed by atoms with E-state index in [2.05, 4.69) is 10.1 Å². The Kier molecular flexibility index (Phi) is 4.57. The van der Waals surface area contributed by atoms with Gasteiger partial charge in [0.05, 0.1) is 0 Å². The summed E-state index contributed by atoms with van der Waals surface area (Å²) in [4.78, 5) is 12.1. The number of alkyl halides is 2. The summed E-state index contributed by atoms with van der Waals surface area (Å²) in [6, 6.07) is 9.93. The molecule has 0 fully saturated rings. The maximum atomic E-state index is 12.3. The molecule has 0 saturated carbocycles. The number of para-hydroxylation sites is 1. The van der Waals surface area contributed by atoms with Crippen LogP contribution in [0.5, 0.6) is 5.75 Å². The molecule has 0 radical (unpaired) electrons. The fourth-order valence-corrected chi connectivity index (χ4v) is 1.97. The minimum Gasteiger partial charge on any atom is -0.434 e. The van der Waals surface area contributed by atoms with E-state index in [-0.39, 0.29) is 18.2 Å². The number of nitrogens with zero attached hydrogens (tertiary/aromatic N) is 1. The van der Waals surface area contributed by atoms with Gasteiger partial charge in [-0.15, -0.1) is 0 Å². The van der Waals surface area contributed by atoms with Crippen LogP contribution in [0.4, 0.5) is 8.78 Å². The Morgan fingerprint density at radius 1 is 1.29 bits per heavy atom. The number of amides is 1. The minimum absolute atomic E-state index is 0.0656. The predicted molar refractivity (Wildman–Crippen MR) is 74.4 cm³/mol. The molecule has 112 valence electrons. The first-order valence-corrected chi connectivity index (χ1v) is 6.42. The van der Waals surface area contributed by atoms with Crippen molar-refractivity contribution in [2.45, 2.75) is 20.1 Å². The molecule has 6 heteroatoms. The number of hydrogen-bond donors (Lipinski definition) is 1. The van der Waals surface area contributed by atoms with Gasteiger partial charge in [-0.1, -0.05) is 18.2 Å². The van der Waals surface area contributed by atoms with Gasteiger partial charge in [-0.3, -0.25) is 4.79 Å². The van der Waals surface area contributed by atoms with Gasteiger partial charge in [0.25, 0.3) is 5.91 Å². The summed E-state index contributed by atoms with van der Waals surface area (Å²) < 4.78 is 30.8. The van der Waals surface area contributed by atoms with Crippen molar-refractivity contribution in [1.29, 1.82) is 0 Å². The third kappa shape index (κ3) is 3.59. The molecule has 0 aliphatic rings. The summed E-state index contributed by atoms with van der Waals surface area (Å²) in [7, 11) is 1.79. The number of carbonyl (C=O) groups excluding carboxylic acids is 1. The number of carbonyl (C=O) groups is 1. The van der Waals surface area contributed by atoms with E-state index in [1.165, 1.54) is 6.07 Å². The fraction of sp³-hybridized carbons (Fsp3) is 0.267. The average Bonchev–Trinajstić information content (AvgIpc) is 2.77. The van der Waals surface area contributed by atoms with E-state index in [0.29, 0.717) is 11.3 Å². The summed E-state index contributed by atoms with van der Waals surface area (Å²) >= 11 is 0. The Morgan fingerprint density at radius 2 is 2.00 bits per heavy atom. The lowest BCUT2D eigenvalue weighted by molar-refractivity contribution is -0.0504. The SMILES string of the molecule is Cc1ccc(C(=O)NCc2ccccc2OC(F)F)n1C. The van der Waals surface area contributed by atoms with Crippen LogP contribution in [-0.2, 0) is 13.6 Å². The molecule has 1 amide bonds. The normalized spacial score (nSPS) is 10.7. The fourth-order valence-electron chi connectivity index (χ4n) is 1.97. The van der Waals surface area contributed by atoms with Crippen LogP contribution in [0.15, 0.2) is 36.4 Å². The van der Waals surface area contributed by atoms with Crippen molar-refractivity contribution < 1.29 is 18.3 Å². The van der Waals surface area contributed by atoms with E-state index in [9.17, 15) is 13.6 Å². The Balaban J connectivity index is 2.06. The Bertz CT molecular complexity index is 638. The number of ether oxygens (including phenoxy) is 1. The van der Waals surface area contributed by atoms with E-state index >= 15 is 0 Å². The highest BCUT2D eigenvalue weighted by Crippen LogP contribution is 2.20. The van der Waals surface area contributed by atoms with Gasteiger partial charge in [0, 0.05) is 24.8 Å². The van der Waals surface area contributed by atoms with Crippen molar-refractivity contribution in [1.82, 2.24) is 9.88 Å². The maximum Gasteiger partial charge on any atom is 0.387 e. The number of nitrogens with one attached hydrogen (secondary N) is 1. The van der Waals surface area contributed by atoms with Gasteiger partial charge < -0.3 is 14.6 Å². The van der Waals surface area contributed by atoms with Crippen molar-refractivity contribution in [3.05, 3.63) is 53.3 Å². The molecule has 1 aromatic heterocycles. The summed E-state index contributed by atoms with van der Waals surface area (Å²) in [5.41, 5.74) is 1.97. The molecule has 0 saturated heterocycles. The molecule has 0 unspecified atom stereocenters. The molecule has 0 aliphatic heterocycles. The molecule has 0 aliphatic carbocycles. The van der Waals surface area contributed by atoms with Crippen molar-refractivity contribution in [2.75, 3.05) is 0 Å². The van der Waals surface area contributed by atoms with Gasteiger partial charge in [0.1, 0.15) is 11.4 Å². The number of hydrogen-bond acceptors (Lipinski definition) is 2. The lowest BCUT2D eigenvalue weighted by Gasteiger charge is -2.11. The van der Waals surface area contributed by atoms with Gasteiger partial charge in [0.2, 0.25) is 0 Å². The molecule has 1 heterocycles. The van der Waals surface area contributed by atoms with Crippen LogP contribution in [0.2, 0.25) is 0 Å².